The van der Waals surface area contributed by atoms with Gasteiger partial charge in [0.15, 0.2) is 0 Å². The lowest BCUT2D eigenvalue weighted by molar-refractivity contribution is -0.120. The fourth-order valence-electron chi connectivity index (χ4n) is 1.32. The van der Waals surface area contributed by atoms with E-state index in [4.69, 9.17) is 0 Å². The first kappa shape index (κ1) is 8.62. The molecule has 0 radical (unpaired) electrons. The fraction of sp³-hybridized carbons (Fsp3) is 0.100. The number of carbonyl (C=O) groups is 2. The molecule has 4 heteroatoms. The number of pyridine rings is 1. The van der Waals surface area contributed by atoms with Crippen LogP contribution in [0.25, 0.3) is 0 Å². The molecule has 0 aromatic carbocycles. The summed E-state index contributed by atoms with van der Waals surface area (Å²) in [7, 11) is 0. The summed E-state index contributed by atoms with van der Waals surface area (Å²) in [6.45, 7) is 1.62. The number of rotatable bonds is 1. The molecule has 0 spiro atoms. The Morgan fingerprint density at radius 2 is 2.14 bits per heavy atom. The van der Waals surface area contributed by atoms with Gasteiger partial charge in [-0.1, -0.05) is 0 Å². The summed E-state index contributed by atoms with van der Waals surface area (Å²) in [5, 5.41) is 0. The predicted octanol–water partition coefficient (Wildman–Crippen LogP) is 0.901. The van der Waals surface area contributed by atoms with E-state index < -0.39 is 0 Å². The van der Waals surface area contributed by atoms with Gasteiger partial charge in [-0.25, -0.2) is 4.90 Å². The van der Waals surface area contributed by atoms with Crippen molar-refractivity contribution in [3.05, 3.63) is 36.2 Å². The largest absolute Gasteiger partial charge is 0.269 e. The molecule has 1 aliphatic rings. The van der Waals surface area contributed by atoms with Crippen LogP contribution in [-0.2, 0) is 9.59 Å². The molecule has 14 heavy (non-hydrogen) atoms. The van der Waals surface area contributed by atoms with E-state index >= 15 is 0 Å². The molecular weight excluding hydrogens is 180 g/mol. The van der Waals surface area contributed by atoms with Gasteiger partial charge in [0.25, 0.3) is 11.8 Å². The molecule has 4 nitrogen and oxygen atoms in total. The highest BCUT2D eigenvalue weighted by Crippen LogP contribution is 2.20. The topological polar surface area (TPSA) is 50.3 Å². The number of carbonyl (C=O) groups excluding carboxylic acids is 2. The zero-order valence-electron chi connectivity index (χ0n) is 7.60. The molecule has 2 heterocycles. The molecule has 0 saturated heterocycles. The Labute approximate surface area is 80.9 Å². The van der Waals surface area contributed by atoms with Gasteiger partial charge < -0.3 is 0 Å². The number of amides is 2. The maximum Gasteiger partial charge on any atom is 0.261 e. The van der Waals surface area contributed by atoms with E-state index in [9.17, 15) is 9.59 Å². The Morgan fingerprint density at radius 3 is 2.64 bits per heavy atom. The van der Waals surface area contributed by atoms with Gasteiger partial charge >= 0.3 is 0 Å². The van der Waals surface area contributed by atoms with Crippen LogP contribution in [0.1, 0.15) is 6.92 Å². The second kappa shape index (κ2) is 3.06. The third-order valence-electron chi connectivity index (χ3n) is 2.00. The maximum atomic E-state index is 11.5. The van der Waals surface area contributed by atoms with Crippen molar-refractivity contribution in [3.63, 3.8) is 0 Å². The van der Waals surface area contributed by atoms with Crippen LogP contribution < -0.4 is 4.90 Å². The third-order valence-corrected chi connectivity index (χ3v) is 2.00. The van der Waals surface area contributed by atoms with E-state index in [2.05, 4.69) is 4.98 Å². The van der Waals surface area contributed by atoms with E-state index in [1.54, 1.807) is 25.3 Å². The first-order valence-corrected chi connectivity index (χ1v) is 4.17. The molecule has 1 aromatic rings. The van der Waals surface area contributed by atoms with Gasteiger partial charge in [0.2, 0.25) is 0 Å². The molecule has 70 valence electrons. The molecule has 2 rings (SSSR count). The Bertz CT molecular complexity index is 423. The minimum absolute atomic E-state index is 0.275. The summed E-state index contributed by atoms with van der Waals surface area (Å²) in [4.78, 5) is 27.9. The lowest BCUT2D eigenvalue weighted by Crippen LogP contribution is -2.30. The number of hydrogen-bond acceptors (Lipinski definition) is 3. The number of imide groups is 1. The van der Waals surface area contributed by atoms with Crippen molar-refractivity contribution in [1.82, 2.24) is 4.98 Å². The van der Waals surface area contributed by atoms with Crippen molar-refractivity contribution in [3.8, 4) is 0 Å². The van der Waals surface area contributed by atoms with Gasteiger partial charge in [-0.3, -0.25) is 14.6 Å². The standard InChI is InChI=1S/C10H8N2O2/c1-7-5-9(13)12(10(7)14)8-3-2-4-11-6-8/h2-6H,1H3. The van der Waals surface area contributed by atoms with E-state index in [1.165, 1.54) is 12.3 Å². The van der Waals surface area contributed by atoms with E-state index in [-0.39, 0.29) is 11.8 Å². The first-order valence-electron chi connectivity index (χ1n) is 4.17. The van der Waals surface area contributed by atoms with Crippen molar-refractivity contribution < 1.29 is 9.59 Å². The molecule has 1 aliphatic heterocycles. The van der Waals surface area contributed by atoms with Crippen LogP contribution >= 0.6 is 0 Å². The highest BCUT2D eigenvalue weighted by atomic mass is 16.2. The Balaban J connectivity index is 2.39. The molecule has 0 N–H and O–H groups in total. The zero-order chi connectivity index (χ0) is 10.1. The third kappa shape index (κ3) is 1.21. The molecule has 0 saturated carbocycles. The summed E-state index contributed by atoms with van der Waals surface area (Å²) in [5.74, 6) is -0.580. The van der Waals surface area contributed by atoms with E-state index in [1.807, 2.05) is 0 Å². The SMILES string of the molecule is CC1=CC(=O)N(c2cccnc2)C1=O. The van der Waals surface area contributed by atoms with Crippen molar-refractivity contribution in [2.45, 2.75) is 6.92 Å². The second-order valence-corrected chi connectivity index (χ2v) is 3.02. The molecule has 0 atom stereocenters. The molecule has 0 bridgehead atoms. The number of aromatic nitrogens is 1. The van der Waals surface area contributed by atoms with Gasteiger partial charge in [0.05, 0.1) is 11.9 Å². The summed E-state index contributed by atoms with van der Waals surface area (Å²) in [5.41, 5.74) is 0.967. The number of hydrogen-bond donors (Lipinski definition) is 0. The minimum atomic E-state index is -0.305. The van der Waals surface area contributed by atoms with Crippen molar-refractivity contribution >= 4 is 17.5 Å². The van der Waals surface area contributed by atoms with Gasteiger partial charge in [-0.05, 0) is 19.1 Å². The smallest absolute Gasteiger partial charge is 0.261 e. The fourth-order valence-corrected chi connectivity index (χ4v) is 1.32. The van der Waals surface area contributed by atoms with Crippen molar-refractivity contribution in [2.75, 3.05) is 4.90 Å². The van der Waals surface area contributed by atoms with Crippen LogP contribution in [0, 0.1) is 0 Å². The Kier molecular flexibility index (Phi) is 1.89. The van der Waals surface area contributed by atoms with Crippen LogP contribution in [0.2, 0.25) is 0 Å². The van der Waals surface area contributed by atoms with Gasteiger partial charge in [-0.15, -0.1) is 0 Å². The predicted molar refractivity (Wildman–Crippen MR) is 50.5 cm³/mol. The van der Waals surface area contributed by atoms with Crippen molar-refractivity contribution in [2.24, 2.45) is 0 Å². The van der Waals surface area contributed by atoms with E-state index in [0.717, 1.165) is 4.90 Å². The molecule has 1 aromatic heterocycles. The zero-order valence-corrected chi connectivity index (χ0v) is 7.60. The monoisotopic (exact) mass is 188 g/mol. The molecule has 0 unspecified atom stereocenters. The Morgan fingerprint density at radius 1 is 1.36 bits per heavy atom. The minimum Gasteiger partial charge on any atom is -0.269 e. The molecule has 0 fully saturated rings. The van der Waals surface area contributed by atoms with Crippen LogP contribution in [0.4, 0.5) is 5.69 Å². The number of anilines is 1. The summed E-state index contributed by atoms with van der Waals surface area (Å²) < 4.78 is 0. The highest BCUT2D eigenvalue weighted by Gasteiger charge is 2.29. The Hall–Kier alpha value is -1.97. The lowest BCUT2D eigenvalue weighted by atomic mass is 10.3. The van der Waals surface area contributed by atoms with Crippen molar-refractivity contribution in [1.29, 1.82) is 0 Å². The lowest BCUT2D eigenvalue weighted by Gasteiger charge is -2.12. The molecule has 2 amide bonds. The molecular formula is C10H8N2O2. The molecule has 0 aliphatic carbocycles. The average molecular weight is 188 g/mol. The maximum absolute atomic E-state index is 11.5. The van der Waals surface area contributed by atoms with Crippen LogP contribution in [0.5, 0.6) is 0 Å². The highest BCUT2D eigenvalue weighted by molar-refractivity contribution is 6.30. The van der Waals surface area contributed by atoms with Crippen LogP contribution in [-0.4, -0.2) is 16.8 Å². The normalized spacial score (nSPS) is 16.1. The summed E-state index contributed by atoms with van der Waals surface area (Å²) in [6, 6.07) is 3.36. The number of nitrogens with zero attached hydrogens (tertiary/aromatic N) is 2. The van der Waals surface area contributed by atoms with Gasteiger partial charge in [0, 0.05) is 17.8 Å². The van der Waals surface area contributed by atoms with Gasteiger partial charge in [-0.2, -0.15) is 0 Å². The quantitative estimate of drug-likeness (QED) is 0.615. The van der Waals surface area contributed by atoms with E-state index in [0.29, 0.717) is 11.3 Å². The summed E-state index contributed by atoms with van der Waals surface area (Å²) in [6.07, 6.45) is 4.41. The first-order chi connectivity index (χ1) is 6.70. The second-order valence-electron chi connectivity index (χ2n) is 3.02. The van der Waals surface area contributed by atoms with Crippen LogP contribution in [0.3, 0.4) is 0 Å². The van der Waals surface area contributed by atoms with Gasteiger partial charge in [0.1, 0.15) is 0 Å². The van der Waals surface area contributed by atoms with Crippen LogP contribution in [0.15, 0.2) is 36.2 Å². The summed E-state index contributed by atoms with van der Waals surface area (Å²) >= 11 is 0. The average Bonchev–Trinajstić information content (AvgIpc) is 2.43.